The summed E-state index contributed by atoms with van der Waals surface area (Å²) in [5, 5.41) is 4.10. The van der Waals surface area contributed by atoms with Gasteiger partial charge in [0.25, 0.3) is 0 Å². The lowest BCUT2D eigenvalue weighted by Gasteiger charge is -2.28. The zero-order chi connectivity index (χ0) is 25.6. The SMILES string of the molecule is Cc1cc(N2C(=S)NC(c3ccccn3)C2c2cc(C)n(-c3ccc(N(C)C)cc3)c2C)ccc1F. The van der Waals surface area contributed by atoms with Gasteiger partial charge in [0.1, 0.15) is 5.82 Å². The van der Waals surface area contributed by atoms with Gasteiger partial charge >= 0.3 is 0 Å². The number of benzene rings is 2. The van der Waals surface area contributed by atoms with Crippen molar-refractivity contribution in [1.82, 2.24) is 14.9 Å². The lowest BCUT2D eigenvalue weighted by Crippen LogP contribution is -2.29. The summed E-state index contributed by atoms with van der Waals surface area (Å²) in [6, 6.07) is 21.6. The second-order valence-electron chi connectivity index (χ2n) is 9.50. The van der Waals surface area contributed by atoms with E-state index in [4.69, 9.17) is 12.2 Å². The Balaban J connectivity index is 1.65. The van der Waals surface area contributed by atoms with E-state index in [0.29, 0.717) is 10.7 Å². The van der Waals surface area contributed by atoms with E-state index in [2.05, 4.69) is 68.8 Å². The average Bonchev–Trinajstić information content (AvgIpc) is 3.36. The minimum Gasteiger partial charge on any atom is -0.378 e. The Labute approximate surface area is 217 Å². The second-order valence-corrected chi connectivity index (χ2v) is 9.89. The molecule has 3 heterocycles. The number of aryl methyl sites for hydroxylation is 2. The van der Waals surface area contributed by atoms with Crippen LogP contribution in [-0.4, -0.2) is 28.8 Å². The predicted octanol–water partition coefficient (Wildman–Crippen LogP) is 6.18. The Morgan fingerprint density at radius 1 is 0.944 bits per heavy atom. The van der Waals surface area contributed by atoms with Gasteiger partial charge in [-0.25, -0.2) is 4.39 Å². The van der Waals surface area contributed by atoms with E-state index < -0.39 is 0 Å². The molecule has 5 nitrogen and oxygen atoms in total. The maximum Gasteiger partial charge on any atom is 0.174 e. The highest BCUT2D eigenvalue weighted by Gasteiger charge is 2.42. The van der Waals surface area contributed by atoms with Crippen LogP contribution < -0.4 is 15.1 Å². The van der Waals surface area contributed by atoms with E-state index in [1.807, 2.05) is 38.4 Å². The van der Waals surface area contributed by atoms with Crippen LogP contribution in [0.3, 0.4) is 0 Å². The van der Waals surface area contributed by atoms with Gasteiger partial charge in [0.15, 0.2) is 5.11 Å². The fourth-order valence-electron chi connectivity index (χ4n) is 5.11. The minimum absolute atomic E-state index is 0.154. The first kappa shape index (κ1) is 24.0. The topological polar surface area (TPSA) is 36.3 Å². The van der Waals surface area contributed by atoms with Crippen molar-refractivity contribution in [3.8, 4) is 5.69 Å². The van der Waals surface area contributed by atoms with Crippen LogP contribution in [0, 0.1) is 26.6 Å². The maximum absolute atomic E-state index is 14.1. The molecule has 36 heavy (non-hydrogen) atoms. The number of pyridine rings is 1. The molecule has 1 fully saturated rings. The van der Waals surface area contributed by atoms with Crippen LogP contribution in [0.25, 0.3) is 5.69 Å². The minimum atomic E-state index is -0.228. The fraction of sp³-hybridized carbons (Fsp3) is 0.241. The van der Waals surface area contributed by atoms with E-state index in [0.717, 1.165) is 39.7 Å². The Morgan fingerprint density at radius 2 is 1.67 bits per heavy atom. The van der Waals surface area contributed by atoms with Crippen molar-refractivity contribution in [3.05, 3.63) is 107 Å². The molecule has 0 saturated carbocycles. The highest BCUT2D eigenvalue weighted by molar-refractivity contribution is 7.80. The predicted molar refractivity (Wildman–Crippen MR) is 149 cm³/mol. The monoisotopic (exact) mass is 499 g/mol. The third kappa shape index (κ3) is 4.13. The molecule has 2 aromatic heterocycles. The van der Waals surface area contributed by atoms with Gasteiger partial charge in [-0.2, -0.15) is 0 Å². The van der Waals surface area contributed by atoms with Gasteiger partial charge in [0.2, 0.25) is 0 Å². The van der Waals surface area contributed by atoms with Crippen LogP contribution in [0.15, 0.2) is 72.9 Å². The molecule has 0 bridgehead atoms. The molecule has 1 aliphatic rings. The van der Waals surface area contributed by atoms with Gasteiger partial charge in [-0.05, 0) is 105 Å². The molecule has 2 aromatic carbocycles. The van der Waals surface area contributed by atoms with Crippen LogP contribution >= 0.6 is 12.2 Å². The molecule has 184 valence electrons. The molecule has 0 spiro atoms. The summed E-state index contributed by atoms with van der Waals surface area (Å²) in [5.41, 5.74) is 8.02. The first-order chi connectivity index (χ1) is 17.3. The zero-order valence-corrected chi connectivity index (χ0v) is 22.0. The van der Waals surface area contributed by atoms with Crippen molar-refractivity contribution >= 4 is 28.7 Å². The number of hydrogen-bond donors (Lipinski definition) is 1. The number of nitrogens with one attached hydrogen (secondary N) is 1. The Morgan fingerprint density at radius 3 is 2.31 bits per heavy atom. The Kier molecular flexibility index (Phi) is 6.26. The van der Waals surface area contributed by atoms with Crippen LogP contribution in [0.1, 0.15) is 40.3 Å². The molecule has 0 amide bonds. The molecular formula is C29H30FN5S. The van der Waals surface area contributed by atoms with Gasteiger partial charge in [0.05, 0.1) is 17.8 Å². The molecule has 5 rings (SSSR count). The largest absolute Gasteiger partial charge is 0.378 e. The smallest absolute Gasteiger partial charge is 0.174 e. The lowest BCUT2D eigenvalue weighted by atomic mass is 9.96. The van der Waals surface area contributed by atoms with Crippen LogP contribution in [0.4, 0.5) is 15.8 Å². The summed E-state index contributed by atoms with van der Waals surface area (Å²) in [7, 11) is 4.08. The second kappa shape index (κ2) is 9.39. The number of halogens is 1. The van der Waals surface area contributed by atoms with Gasteiger partial charge in [-0.1, -0.05) is 6.07 Å². The highest BCUT2D eigenvalue weighted by atomic mass is 32.1. The highest BCUT2D eigenvalue weighted by Crippen LogP contribution is 2.44. The van der Waals surface area contributed by atoms with E-state index in [1.54, 1.807) is 19.2 Å². The maximum atomic E-state index is 14.1. The van der Waals surface area contributed by atoms with Gasteiger partial charge in [-0.3, -0.25) is 4.98 Å². The Hall–Kier alpha value is -3.71. The molecule has 0 radical (unpaired) electrons. The molecule has 2 atom stereocenters. The Bertz CT molecular complexity index is 1410. The van der Waals surface area contributed by atoms with Crippen molar-refractivity contribution in [1.29, 1.82) is 0 Å². The van der Waals surface area contributed by atoms with Crippen molar-refractivity contribution in [3.63, 3.8) is 0 Å². The molecule has 4 aromatic rings. The molecule has 2 unspecified atom stereocenters. The van der Waals surface area contributed by atoms with Crippen molar-refractivity contribution in [2.75, 3.05) is 23.9 Å². The van der Waals surface area contributed by atoms with E-state index in [9.17, 15) is 4.39 Å². The number of rotatable bonds is 5. The number of aromatic nitrogens is 2. The third-order valence-corrected chi connectivity index (χ3v) is 7.25. The third-order valence-electron chi connectivity index (χ3n) is 6.93. The standard InChI is InChI=1S/C29H30FN5S/c1-18-16-23(13-14-25(18)30)35-28(27(32-29(35)36)26-8-6-7-15-31-26)24-17-19(2)34(20(24)3)22-11-9-21(10-12-22)33(4)5/h6-17,27-28H,1-5H3,(H,32,36). The van der Waals surface area contributed by atoms with Crippen molar-refractivity contribution < 1.29 is 4.39 Å². The lowest BCUT2D eigenvalue weighted by molar-refractivity contribution is 0.564. The molecule has 1 aliphatic heterocycles. The summed E-state index contributed by atoms with van der Waals surface area (Å²) < 4.78 is 16.4. The van der Waals surface area contributed by atoms with Gasteiger partial charge < -0.3 is 19.7 Å². The molecule has 0 aliphatic carbocycles. The van der Waals surface area contributed by atoms with Crippen LogP contribution in [0.2, 0.25) is 0 Å². The number of nitrogens with zero attached hydrogens (tertiary/aromatic N) is 4. The van der Waals surface area contributed by atoms with E-state index in [-0.39, 0.29) is 17.9 Å². The molecule has 1 saturated heterocycles. The van der Waals surface area contributed by atoms with Crippen molar-refractivity contribution in [2.45, 2.75) is 32.9 Å². The molecule has 1 N–H and O–H groups in total. The quantitative estimate of drug-likeness (QED) is 0.332. The number of hydrogen-bond acceptors (Lipinski definition) is 3. The summed E-state index contributed by atoms with van der Waals surface area (Å²) in [4.78, 5) is 8.85. The fourth-order valence-corrected chi connectivity index (χ4v) is 5.46. The number of anilines is 2. The first-order valence-electron chi connectivity index (χ1n) is 12.0. The van der Waals surface area contributed by atoms with E-state index in [1.165, 1.54) is 6.07 Å². The summed E-state index contributed by atoms with van der Waals surface area (Å²) in [6.45, 7) is 6.05. The summed E-state index contributed by atoms with van der Waals surface area (Å²) >= 11 is 5.85. The average molecular weight is 500 g/mol. The normalized spacial score (nSPS) is 17.4. The molecular weight excluding hydrogens is 469 g/mol. The summed E-state index contributed by atoms with van der Waals surface area (Å²) in [5.74, 6) is -0.228. The van der Waals surface area contributed by atoms with Crippen molar-refractivity contribution in [2.24, 2.45) is 0 Å². The number of thiocarbonyl (C=S) groups is 1. The zero-order valence-electron chi connectivity index (χ0n) is 21.2. The summed E-state index contributed by atoms with van der Waals surface area (Å²) in [6.07, 6.45) is 1.80. The van der Waals surface area contributed by atoms with Crippen LogP contribution in [-0.2, 0) is 0 Å². The van der Waals surface area contributed by atoms with Gasteiger partial charge in [0, 0.05) is 48.7 Å². The van der Waals surface area contributed by atoms with Crippen LogP contribution in [0.5, 0.6) is 0 Å². The molecule has 7 heteroatoms. The van der Waals surface area contributed by atoms with Gasteiger partial charge in [-0.15, -0.1) is 0 Å². The first-order valence-corrected chi connectivity index (χ1v) is 12.4. The van der Waals surface area contributed by atoms with E-state index >= 15 is 0 Å².